The van der Waals surface area contributed by atoms with Gasteiger partial charge in [0.15, 0.2) is 0 Å². The highest BCUT2D eigenvalue weighted by molar-refractivity contribution is 5.96. The molecule has 0 radical (unpaired) electrons. The monoisotopic (exact) mass is 311 g/mol. The van der Waals surface area contributed by atoms with Gasteiger partial charge in [-0.2, -0.15) is 0 Å². The number of hydrogen-bond donors (Lipinski definition) is 0. The number of nitrogens with zero attached hydrogens (tertiary/aromatic N) is 1. The highest BCUT2D eigenvalue weighted by Crippen LogP contribution is 2.31. The molecule has 2 aliphatic rings. The molecule has 1 aromatic carbocycles. The molecule has 23 heavy (non-hydrogen) atoms. The van der Waals surface area contributed by atoms with Gasteiger partial charge in [-0.15, -0.1) is 6.58 Å². The van der Waals surface area contributed by atoms with Gasteiger partial charge in [-0.25, -0.2) is 0 Å². The van der Waals surface area contributed by atoms with Crippen molar-refractivity contribution in [2.75, 3.05) is 11.5 Å². The average molecular weight is 311 g/mol. The number of fused-ring (bicyclic) bond motifs is 1. The third-order valence-electron chi connectivity index (χ3n) is 4.04. The molecule has 4 heteroatoms. The fraction of sp³-hybridized carbons (Fsp3) is 0.316. The Labute approximate surface area is 136 Å². The van der Waals surface area contributed by atoms with E-state index in [1.165, 1.54) is 0 Å². The minimum absolute atomic E-state index is 0.00231. The Morgan fingerprint density at radius 3 is 2.87 bits per heavy atom. The summed E-state index contributed by atoms with van der Waals surface area (Å²) in [4.78, 5) is 14.6. The quantitative estimate of drug-likeness (QED) is 0.634. The van der Waals surface area contributed by atoms with Crippen LogP contribution in [-0.2, 0) is 14.3 Å². The third kappa shape index (κ3) is 3.54. The van der Waals surface area contributed by atoms with Crippen LogP contribution in [0.3, 0.4) is 0 Å². The van der Waals surface area contributed by atoms with Gasteiger partial charge in [0, 0.05) is 11.9 Å². The van der Waals surface area contributed by atoms with Crippen molar-refractivity contribution in [3.8, 4) is 0 Å². The van der Waals surface area contributed by atoms with E-state index in [0.29, 0.717) is 13.0 Å². The number of hydrogen-bond acceptors (Lipinski definition) is 3. The lowest BCUT2D eigenvalue weighted by Gasteiger charge is -2.23. The SMILES string of the molecule is C=CCC1CO/C=C(/C)C2OC2/C=C\N(c2ccccc2)C1=O. The maximum Gasteiger partial charge on any atom is 0.237 e. The molecule has 3 unspecified atom stereocenters. The first-order valence-electron chi connectivity index (χ1n) is 7.82. The van der Waals surface area contributed by atoms with Gasteiger partial charge in [-0.1, -0.05) is 24.3 Å². The van der Waals surface area contributed by atoms with E-state index in [0.717, 1.165) is 11.3 Å². The summed E-state index contributed by atoms with van der Waals surface area (Å²) in [6.45, 7) is 6.07. The first-order valence-corrected chi connectivity index (χ1v) is 7.82. The van der Waals surface area contributed by atoms with E-state index >= 15 is 0 Å². The highest BCUT2D eigenvalue weighted by atomic mass is 16.6. The molecule has 1 fully saturated rings. The van der Waals surface area contributed by atoms with E-state index in [2.05, 4.69) is 6.58 Å². The first kappa shape index (κ1) is 15.6. The van der Waals surface area contributed by atoms with Crippen LogP contribution in [0.15, 0.2) is 67.1 Å². The summed E-state index contributed by atoms with van der Waals surface area (Å²) in [7, 11) is 0. The molecule has 120 valence electrons. The highest BCUT2D eigenvalue weighted by Gasteiger charge is 2.39. The Morgan fingerprint density at radius 2 is 2.13 bits per heavy atom. The van der Waals surface area contributed by atoms with Gasteiger partial charge >= 0.3 is 0 Å². The number of amides is 1. The van der Waals surface area contributed by atoms with E-state index in [9.17, 15) is 4.79 Å². The Kier molecular flexibility index (Phi) is 4.63. The summed E-state index contributed by atoms with van der Waals surface area (Å²) >= 11 is 0. The molecule has 2 aliphatic heterocycles. The van der Waals surface area contributed by atoms with Crippen molar-refractivity contribution >= 4 is 11.6 Å². The number of carbonyl (C=O) groups is 1. The number of ether oxygens (including phenoxy) is 2. The number of allylic oxidation sites excluding steroid dienone is 1. The van der Waals surface area contributed by atoms with Crippen LogP contribution in [0.5, 0.6) is 0 Å². The van der Waals surface area contributed by atoms with Crippen LogP contribution >= 0.6 is 0 Å². The largest absolute Gasteiger partial charge is 0.500 e. The normalized spacial score (nSPS) is 31.0. The van der Waals surface area contributed by atoms with Crippen LogP contribution in [0.2, 0.25) is 0 Å². The Morgan fingerprint density at radius 1 is 1.35 bits per heavy atom. The summed E-state index contributed by atoms with van der Waals surface area (Å²) in [5, 5.41) is 0. The van der Waals surface area contributed by atoms with Crippen molar-refractivity contribution in [2.24, 2.45) is 5.92 Å². The molecule has 0 spiro atoms. The molecule has 0 saturated carbocycles. The van der Waals surface area contributed by atoms with Crippen molar-refractivity contribution in [3.05, 3.63) is 67.1 Å². The van der Waals surface area contributed by atoms with E-state index in [1.807, 2.05) is 49.5 Å². The van der Waals surface area contributed by atoms with Gasteiger partial charge in [0.05, 0.1) is 18.8 Å². The van der Waals surface area contributed by atoms with Crippen molar-refractivity contribution in [2.45, 2.75) is 25.6 Å². The number of epoxide rings is 1. The molecular formula is C19H21NO3. The predicted octanol–water partition coefficient (Wildman–Crippen LogP) is 3.43. The number of anilines is 1. The van der Waals surface area contributed by atoms with Gasteiger partial charge in [0.25, 0.3) is 0 Å². The minimum Gasteiger partial charge on any atom is -0.500 e. The smallest absolute Gasteiger partial charge is 0.237 e. The van der Waals surface area contributed by atoms with Crippen molar-refractivity contribution in [3.63, 3.8) is 0 Å². The van der Waals surface area contributed by atoms with Gasteiger partial charge in [0.1, 0.15) is 12.2 Å². The van der Waals surface area contributed by atoms with E-state index in [1.54, 1.807) is 17.2 Å². The first-order chi connectivity index (χ1) is 11.2. The van der Waals surface area contributed by atoms with Crippen LogP contribution in [0.1, 0.15) is 13.3 Å². The molecule has 0 bridgehead atoms. The molecule has 1 aromatic rings. The second kappa shape index (κ2) is 6.84. The maximum absolute atomic E-state index is 13.0. The van der Waals surface area contributed by atoms with Crippen LogP contribution in [0.25, 0.3) is 0 Å². The van der Waals surface area contributed by atoms with Gasteiger partial charge in [0.2, 0.25) is 5.91 Å². The van der Waals surface area contributed by atoms with Gasteiger partial charge < -0.3 is 9.47 Å². The molecule has 3 atom stereocenters. The van der Waals surface area contributed by atoms with Gasteiger partial charge in [-0.3, -0.25) is 9.69 Å². The lowest BCUT2D eigenvalue weighted by atomic mass is 10.0. The molecule has 1 saturated heterocycles. The summed E-state index contributed by atoms with van der Waals surface area (Å²) in [6, 6.07) is 9.61. The zero-order valence-corrected chi connectivity index (χ0v) is 13.2. The summed E-state index contributed by atoms with van der Waals surface area (Å²) in [5.41, 5.74) is 1.88. The van der Waals surface area contributed by atoms with Crippen LogP contribution in [0, 0.1) is 5.92 Å². The summed E-state index contributed by atoms with van der Waals surface area (Å²) < 4.78 is 11.2. The zero-order valence-electron chi connectivity index (χ0n) is 13.2. The number of para-hydroxylation sites is 1. The maximum atomic E-state index is 13.0. The Hall–Kier alpha value is -2.33. The third-order valence-corrected chi connectivity index (χ3v) is 4.04. The van der Waals surface area contributed by atoms with Crippen LogP contribution in [0.4, 0.5) is 5.69 Å². The van der Waals surface area contributed by atoms with Crippen LogP contribution in [-0.4, -0.2) is 24.7 Å². The fourth-order valence-corrected chi connectivity index (χ4v) is 2.68. The molecule has 0 aliphatic carbocycles. The van der Waals surface area contributed by atoms with E-state index in [4.69, 9.17) is 9.47 Å². The molecule has 3 rings (SSSR count). The molecule has 2 heterocycles. The lowest BCUT2D eigenvalue weighted by Crippen LogP contribution is -2.34. The van der Waals surface area contributed by atoms with Crippen LogP contribution < -0.4 is 4.90 Å². The Bertz CT molecular complexity index is 635. The van der Waals surface area contributed by atoms with Crippen molar-refractivity contribution in [1.29, 1.82) is 0 Å². The summed E-state index contributed by atoms with van der Waals surface area (Å²) in [6.07, 6.45) is 7.85. The second-order valence-electron chi connectivity index (χ2n) is 5.82. The van der Waals surface area contributed by atoms with E-state index in [-0.39, 0.29) is 24.0 Å². The zero-order chi connectivity index (χ0) is 16.2. The number of carbonyl (C=O) groups excluding carboxylic acids is 1. The topological polar surface area (TPSA) is 42.1 Å². The molecule has 0 N–H and O–H groups in total. The standard InChI is InChI=1S/C19H21NO3/c1-3-7-15-13-22-12-14(2)18-17(23-18)10-11-20(19(15)21)16-8-5-4-6-9-16/h3-6,8-12,15,17-18H,1,7,13H2,2H3/b11-10-,14-12-. The lowest BCUT2D eigenvalue weighted by molar-refractivity contribution is -0.122. The van der Waals surface area contributed by atoms with Gasteiger partial charge in [-0.05, 0) is 37.1 Å². The predicted molar refractivity (Wildman–Crippen MR) is 89.7 cm³/mol. The number of benzene rings is 1. The van der Waals surface area contributed by atoms with E-state index < -0.39 is 0 Å². The fourth-order valence-electron chi connectivity index (χ4n) is 2.68. The average Bonchev–Trinajstić information content (AvgIpc) is 3.34. The molecule has 4 nitrogen and oxygen atoms in total. The molecule has 0 aromatic heterocycles. The van der Waals surface area contributed by atoms with Crippen molar-refractivity contribution < 1.29 is 14.3 Å². The molecular weight excluding hydrogens is 290 g/mol. The Balaban J connectivity index is 1.92. The number of rotatable bonds is 3. The van der Waals surface area contributed by atoms with Crippen molar-refractivity contribution in [1.82, 2.24) is 0 Å². The molecule has 1 amide bonds. The second-order valence-corrected chi connectivity index (χ2v) is 5.82. The summed E-state index contributed by atoms with van der Waals surface area (Å²) in [5.74, 6) is -0.269. The minimum atomic E-state index is -0.267.